The highest BCUT2D eigenvalue weighted by atomic mass is 19.2. The Kier molecular flexibility index (Phi) is 4.90. The highest BCUT2D eigenvalue weighted by molar-refractivity contribution is 5.94. The average molecular weight is 299 g/mol. The molecular formula is C15H19F2NO3. The van der Waals surface area contributed by atoms with Gasteiger partial charge in [0.1, 0.15) is 0 Å². The van der Waals surface area contributed by atoms with Crippen LogP contribution < -0.4 is 5.32 Å². The lowest BCUT2D eigenvalue weighted by atomic mass is 10.0. The molecule has 0 radical (unpaired) electrons. The fourth-order valence-corrected chi connectivity index (χ4v) is 2.39. The van der Waals surface area contributed by atoms with Gasteiger partial charge in [-0.25, -0.2) is 8.78 Å². The lowest BCUT2D eigenvalue weighted by Crippen LogP contribution is -2.34. The third-order valence-electron chi connectivity index (χ3n) is 3.41. The number of ether oxygens (including phenoxy) is 2. The molecule has 1 aromatic rings. The van der Waals surface area contributed by atoms with Gasteiger partial charge in [-0.15, -0.1) is 0 Å². The lowest BCUT2D eigenvalue weighted by molar-refractivity contribution is -0.153. The number of carbonyl (C=O) groups excluding carboxylic acids is 1. The molecule has 1 heterocycles. The van der Waals surface area contributed by atoms with Gasteiger partial charge in [0.2, 0.25) is 0 Å². The molecule has 2 rings (SSSR count). The molecule has 1 fully saturated rings. The molecule has 0 aliphatic carbocycles. The maximum atomic E-state index is 13.1. The molecule has 0 bridgehead atoms. The van der Waals surface area contributed by atoms with E-state index in [0.29, 0.717) is 26.2 Å². The van der Waals surface area contributed by atoms with Crippen LogP contribution in [0.25, 0.3) is 0 Å². The largest absolute Gasteiger partial charge is 0.352 e. The molecule has 21 heavy (non-hydrogen) atoms. The van der Waals surface area contributed by atoms with Crippen molar-refractivity contribution >= 4 is 5.91 Å². The summed E-state index contributed by atoms with van der Waals surface area (Å²) in [4.78, 5) is 11.9. The number of hydrogen-bond donors (Lipinski definition) is 1. The van der Waals surface area contributed by atoms with Gasteiger partial charge in [0.25, 0.3) is 5.91 Å². The second-order valence-electron chi connectivity index (χ2n) is 5.48. The van der Waals surface area contributed by atoms with Crippen LogP contribution in [0.15, 0.2) is 18.2 Å². The zero-order valence-electron chi connectivity index (χ0n) is 12.1. The Morgan fingerprint density at radius 2 is 2.00 bits per heavy atom. The quantitative estimate of drug-likeness (QED) is 0.908. The molecule has 0 spiro atoms. The fourth-order valence-electron chi connectivity index (χ4n) is 2.39. The van der Waals surface area contributed by atoms with E-state index < -0.39 is 23.3 Å². The number of hydrogen-bond acceptors (Lipinski definition) is 3. The number of benzene rings is 1. The van der Waals surface area contributed by atoms with Crippen molar-refractivity contribution < 1.29 is 23.0 Å². The summed E-state index contributed by atoms with van der Waals surface area (Å²) in [5.41, 5.74) is 0.0979. The van der Waals surface area contributed by atoms with Gasteiger partial charge < -0.3 is 14.8 Å². The molecular weight excluding hydrogens is 280 g/mol. The van der Waals surface area contributed by atoms with Gasteiger partial charge in [0, 0.05) is 18.5 Å². The Hall–Kier alpha value is -1.53. The second-order valence-corrected chi connectivity index (χ2v) is 5.48. The Morgan fingerprint density at radius 1 is 1.33 bits per heavy atom. The van der Waals surface area contributed by atoms with E-state index in [1.807, 2.05) is 13.8 Å². The van der Waals surface area contributed by atoms with Crippen molar-refractivity contribution in [3.05, 3.63) is 35.4 Å². The van der Waals surface area contributed by atoms with Crippen LogP contribution in [-0.2, 0) is 9.47 Å². The Balaban J connectivity index is 1.84. The lowest BCUT2D eigenvalue weighted by Gasteiger charge is -2.26. The second kappa shape index (κ2) is 6.49. The first-order valence-electron chi connectivity index (χ1n) is 6.91. The van der Waals surface area contributed by atoms with Gasteiger partial charge in [0.15, 0.2) is 17.4 Å². The predicted octanol–water partition coefficient (Wildman–Crippen LogP) is 2.48. The summed E-state index contributed by atoms with van der Waals surface area (Å²) >= 11 is 0. The third kappa shape index (κ3) is 4.22. The molecule has 0 aromatic heterocycles. The molecule has 1 amide bonds. The molecule has 6 heteroatoms. The van der Waals surface area contributed by atoms with Crippen molar-refractivity contribution in [3.63, 3.8) is 0 Å². The maximum Gasteiger partial charge on any atom is 0.251 e. The predicted molar refractivity (Wildman–Crippen MR) is 72.8 cm³/mol. The van der Waals surface area contributed by atoms with E-state index in [4.69, 9.17) is 9.47 Å². The molecule has 4 nitrogen and oxygen atoms in total. The Bertz CT molecular complexity index is 516. The van der Waals surface area contributed by atoms with Crippen LogP contribution in [0.2, 0.25) is 0 Å². The van der Waals surface area contributed by atoms with Crippen molar-refractivity contribution in [1.82, 2.24) is 5.32 Å². The number of rotatable bonds is 5. The average Bonchev–Trinajstić information content (AvgIpc) is 2.85. The van der Waals surface area contributed by atoms with Crippen LogP contribution in [0, 0.1) is 17.6 Å². The third-order valence-corrected chi connectivity index (χ3v) is 3.41. The van der Waals surface area contributed by atoms with Crippen molar-refractivity contribution in [2.24, 2.45) is 5.92 Å². The standard InChI is InChI=1S/C15H19F2NO3/c1-10(8-15(2)20-5-6-21-15)9-18-14(19)11-3-4-12(16)13(17)7-11/h3-4,7,10H,5-6,8-9H2,1-2H3,(H,18,19)/t10-/m1/s1. The molecule has 1 aliphatic heterocycles. The Morgan fingerprint density at radius 3 is 2.62 bits per heavy atom. The minimum absolute atomic E-state index is 0.0979. The van der Waals surface area contributed by atoms with E-state index in [-0.39, 0.29) is 11.5 Å². The van der Waals surface area contributed by atoms with Gasteiger partial charge in [-0.05, 0) is 31.0 Å². The summed E-state index contributed by atoms with van der Waals surface area (Å²) in [6.07, 6.45) is 0.644. The van der Waals surface area contributed by atoms with Crippen LogP contribution in [0.1, 0.15) is 30.6 Å². The summed E-state index contributed by atoms with van der Waals surface area (Å²) in [5.74, 6) is -2.91. The minimum atomic E-state index is -1.03. The summed E-state index contributed by atoms with van der Waals surface area (Å²) in [5, 5.41) is 2.70. The SMILES string of the molecule is C[C@@H](CNC(=O)c1ccc(F)c(F)c1)CC1(C)OCCO1. The normalized spacial score (nSPS) is 18.5. The number of carbonyl (C=O) groups is 1. The minimum Gasteiger partial charge on any atom is -0.352 e. The summed E-state index contributed by atoms with van der Waals surface area (Å²) in [6, 6.07) is 3.08. The first kappa shape index (κ1) is 15.9. The van der Waals surface area contributed by atoms with Crippen molar-refractivity contribution in [2.45, 2.75) is 26.1 Å². The summed E-state index contributed by atoms with van der Waals surface area (Å²) < 4.78 is 36.9. The first-order valence-corrected chi connectivity index (χ1v) is 6.91. The molecule has 1 aromatic carbocycles. The topological polar surface area (TPSA) is 47.6 Å². The summed E-state index contributed by atoms with van der Waals surface area (Å²) in [6.45, 7) is 5.38. The van der Waals surface area contributed by atoms with E-state index in [1.54, 1.807) is 0 Å². The van der Waals surface area contributed by atoms with Crippen molar-refractivity contribution in [2.75, 3.05) is 19.8 Å². The molecule has 1 aliphatic rings. The smallest absolute Gasteiger partial charge is 0.251 e. The van der Waals surface area contributed by atoms with Crippen molar-refractivity contribution in [3.8, 4) is 0 Å². The van der Waals surface area contributed by atoms with Crippen LogP contribution in [0.3, 0.4) is 0 Å². The van der Waals surface area contributed by atoms with Crippen molar-refractivity contribution in [1.29, 1.82) is 0 Å². The van der Waals surface area contributed by atoms with E-state index in [9.17, 15) is 13.6 Å². The molecule has 1 saturated heterocycles. The van der Waals surface area contributed by atoms with E-state index >= 15 is 0 Å². The van der Waals surface area contributed by atoms with Crippen LogP contribution in [0.5, 0.6) is 0 Å². The Labute approximate surface area is 122 Å². The number of halogens is 2. The van der Waals surface area contributed by atoms with Gasteiger partial charge in [-0.2, -0.15) is 0 Å². The molecule has 0 unspecified atom stereocenters. The van der Waals surface area contributed by atoms with Gasteiger partial charge in [-0.1, -0.05) is 6.92 Å². The highest BCUT2D eigenvalue weighted by Gasteiger charge is 2.32. The van der Waals surface area contributed by atoms with Gasteiger partial charge in [0.05, 0.1) is 13.2 Å². The summed E-state index contributed by atoms with van der Waals surface area (Å²) in [7, 11) is 0. The number of nitrogens with one attached hydrogen (secondary N) is 1. The zero-order chi connectivity index (χ0) is 15.5. The van der Waals surface area contributed by atoms with Crippen LogP contribution >= 0.6 is 0 Å². The molecule has 0 saturated carbocycles. The fraction of sp³-hybridized carbons (Fsp3) is 0.533. The highest BCUT2D eigenvalue weighted by Crippen LogP contribution is 2.26. The number of amides is 1. The first-order chi connectivity index (χ1) is 9.89. The molecule has 1 N–H and O–H groups in total. The monoisotopic (exact) mass is 299 g/mol. The van der Waals surface area contributed by atoms with Crippen LogP contribution in [-0.4, -0.2) is 31.5 Å². The van der Waals surface area contributed by atoms with E-state index in [1.165, 1.54) is 6.07 Å². The molecule has 1 atom stereocenters. The molecule has 116 valence electrons. The van der Waals surface area contributed by atoms with Gasteiger partial charge >= 0.3 is 0 Å². The van der Waals surface area contributed by atoms with E-state index in [0.717, 1.165) is 12.1 Å². The van der Waals surface area contributed by atoms with Gasteiger partial charge in [-0.3, -0.25) is 4.79 Å². The van der Waals surface area contributed by atoms with Crippen LogP contribution in [0.4, 0.5) is 8.78 Å². The maximum absolute atomic E-state index is 13.1. The van der Waals surface area contributed by atoms with E-state index in [2.05, 4.69) is 5.32 Å². The zero-order valence-corrected chi connectivity index (χ0v) is 12.1.